The van der Waals surface area contributed by atoms with E-state index in [4.69, 9.17) is 4.74 Å². The number of ether oxygens (including phenoxy) is 1. The summed E-state index contributed by atoms with van der Waals surface area (Å²) in [6.07, 6.45) is 1.42. The van der Waals surface area contributed by atoms with Crippen molar-refractivity contribution in [3.05, 3.63) is 71.0 Å². The molecule has 0 aliphatic carbocycles. The van der Waals surface area contributed by atoms with Crippen LogP contribution in [0, 0.1) is 17.5 Å². The molecule has 162 valence electrons. The third kappa shape index (κ3) is 3.39. The molecule has 3 saturated heterocycles. The van der Waals surface area contributed by atoms with Crippen molar-refractivity contribution in [2.24, 2.45) is 0 Å². The topological polar surface area (TPSA) is 49.9 Å². The predicted octanol–water partition coefficient (Wildman–Crippen LogP) is 3.80. The van der Waals surface area contributed by atoms with Crippen LogP contribution in [-0.2, 0) is 9.53 Å². The lowest BCUT2D eigenvalue weighted by Gasteiger charge is -2.37. The van der Waals surface area contributed by atoms with E-state index in [9.17, 15) is 22.8 Å². The maximum Gasteiger partial charge on any atom is 0.257 e. The lowest BCUT2D eigenvalue weighted by molar-refractivity contribution is -0.142. The highest BCUT2D eigenvalue weighted by atomic mass is 19.1. The lowest BCUT2D eigenvalue weighted by Crippen LogP contribution is -2.51. The highest BCUT2D eigenvalue weighted by Gasteiger charge is 2.58. The van der Waals surface area contributed by atoms with E-state index in [-0.39, 0.29) is 11.8 Å². The third-order valence-electron chi connectivity index (χ3n) is 6.54. The highest BCUT2D eigenvalue weighted by molar-refractivity contribution is 5.95. The van der Waals surface area contributed by atoms with Gasteiger partial charge in [-0.2, -0.15) is 0 Å². The summed E-state index contributed by atoms with van der Waals surface area (Å²) in [5.74, 6) is -2.15. The van der Waals surface area contributed by atoms with Gasteiger partial charge in [-0.1, -0.05) is 0 Å². The van der Waals surface area contributed by atoms with E-state index in [1.807, 2.05) is 0 Å². The normalized spacial score (nSPS) is 24.7. The predicted molar refractivity (Wildman–Crippen MR) is 104 cm³/mol. The van der Waals surface area contributed by atoms with Crippen LogP contribution in [0.3, 0.4) is 0 Å². The number of piperidine rings is 1. The summed E-state index contributed by atoms with van der Waals surface area (Å²) in [4.78, 5) is 29.3. The van der Waals surface area contributed by atoms with Crippen LogP contribution in [-0.4, -0.2) is 46.5 Å². The van der Waals surface area contributed by atoms with Crippen molar-refractivity contribution in [2.45, 2.75) is 43.6 Å². The Bertz CT molecular complexity index is 1010. The molecule has 5 nitrogen and oxygen atoms in total. The van der Waals surface area contributed by atoms with E-state index in [0.29, 0.717) is 49.9 Å². The van der Waals surface area contributed by atoms with E-state index < -0.39 is 35.3 Å². The Morgan fingerprint density at radius 2 is 1.58 bits per heavy atom. The van der Waals surface area contributed by atoms with Crippen LogP contribution in [0.25, 0.3) is 0 Å². The van der Waals surface area contributed by atoms with Gasteiger partial charge in [-0.15, -0.1) is 0 Å². The van der Waals surface area contributed by atoms with Gasteiger partial charge in [0.15, 0.2) is 5.60 Å². The maximum atomic E-state index is 13.7. The summed E-state index contributed by atoms with van der Waals surface area (Å²) in [6, 6.07) is 8.28. The average Bonchev–Trinajstić information content (AvgIpc) is 3.26. The number of likely N-dealkylation sites (tertiary alicyclic amines) is 1. The van der Waals surface area contributed by atoms with E-state index in [2.05, 4.69) is 0 Å². The number of benzene rings is 2. The van der Waals surface area contributed by atoms with Gasteiger partial charge in [0.25, 0.3) is 11.8 Å². The zero-order valence-corrected chi connectivity index (χ0v) is 16.7. The fourth-order valence-electron chi connectivity index (χ4n) is 4.99. The molecule has 3 aliphatic heterocycles. The van der Waals surface area contributed by atoms with Crippen molar-refractivity contribution in [1.82, 2.24) is 9.80 Å². The van der Waals surface area contributed by atoms with Crippen LogP contribution in [0.1, 0.15) is 47.6 Å². The van der Waals surface area contributed by atoms with Gasteiger partial charge in [0.05, 0.1) is 6.04 Å². The maximum absolute atomic E-state index is 13.7. The molecule has 31 heavy (non-hydrogen) atoms. The molecular formula is C23H21F3N2O3. The zero-order chi connectivity index (χ0) is 21.8. The summed E-state index contributed by atoms with van der Waals surface area (Å²) in [7, 11) is 0. The number of hydrogen-bond acceptors (Lipinski definition) is 3. The van der Waals surface area contributed by atoms with E-state index in [1.54, 1.807) is 9.80 Å². The minimum Gasteiger partial charge on any atom is -0.342 e. The molecule has 1 spiro atoms. The molecule has 0 N–H and O–H groups in total. The van der Waals surface area contributed by atoms with Crippen LogP contribution in [0.2, 0.25) is 0 Å². The minimum atomic E-state index is -1.02. The van der Waals surface area contributed by atoms with Crippen molar-refractivity contribution >= 4 is 11.8 Å². The van der Waals surface area contributed by atoms with E-state index in [0.717, 1.165) is 6.07 Å². The highest BCUT2D eigenvalue weighted by Crippen LogP contribution is 2.47. The Morgan fingerprint density at radius 3 is 2.23 bits per heavy atom. The SMILES string of the molecule is O=C(c1ccc(F)cc1)N1CCC2(CC1)O[C@@H]1CC[C@@H](c3cc(F)cc(F)c3)N1C2=O. The zero-order valence-electron chi connectivity index (χ0n) is 16.7. The van der Waals surface area contributed by atoms with Crippen molar-refractivity contribution in [3.8, 4) is 0 Å². The Morgan fingerprint density at radius 1 is 0.935 bits per heavy atom. The largest absolute Gasteiger partial charge is 0.342 e. The molecule has 8 heteroatoms. The molecule has 3 fully saturated rings. The molecule has 0 saturated carbocycles. The molecular weight excluding hydrogens is 409 g/mol. The van der Waals surface area contributed by atoms with Crippen LogP contribution in [0.5, 0.6) is 0 Å². The molecule has 3 heterocycles. The number of rotatable bonds is 2. The van der Waals surface area contributed by atoms with E-state index >= 15 is 0 Å². The number of amides is 2. The van der Waals surface area contributed by atoms with Crippen LogP contribution in [0.4, 0.5) is 13.2 Å². The van der Waals surface area contributed by atoms with Crippen LogP contribution >= 0.6 is 0 Å². The first-order chi connectivity index (χ1) is 14.9. The number of fused-ring (bicyclic) bond motifs is 1. The van der Waals surface area contributed by atoms with Gasteiger partial charge in [0.1, 0.15) is 23.7 Å². The Balaban J connectivity index is 1.31. The summed E-state index contributed by atoms with van der Waals surface area (Å²) in [5, 5.41) is 0. The summed E-state index contributed by atoms with van der Waals surface area (Å²) < 4.78 is 46.7. The fraction of sp³-hybridized carbons (Fsp3) is 0.391. The number of nitrogens with zero attached hydrogens (tertiary/aromatic N) is 2. The monoisotopic (exact) mass is 430 g/mol. The van der Waals surface area contributed by atoms with Crippen molar-refractivity contribution < 1.29 is 27.5 Å². The summed E-state index contributed by atoms with van der Waals surface area (Å²) in [6.45, 7) is 0.670. The Labute approximate surface area is 177 Å². The molecule has 2 aromatic rings. The van der Waals surface area contributed by atoms with Gasteiger partial charge in [0.2, 0.25) is 0 Å². The Kier molecular flexibility index (Phi) is 4.77. The summed E-state index contributed by atoms with van der Waals surface area (Å²) in [5.41, 5.74) is -0.197. The number of halogens is 3. The van der Waals surface area contributed by atoms with Crippen LogP contribution in [0.15, 0.2) is 42.5 Å². The summed E-state index contributed by atoms with van der Waals surface area (Å²) >= 11 is 0. The standard InChI is InChI=1S/C23H21F3N2O3/c24-16-3-1-14(2-4-16)21(29)27-9-7-23(8-10-27)22(30)28-19(5-6-20(28)31-23)15-11-17(25)13-18(26)12-15/h1-4,11-13,19-20H,5-10H2/t19-,20+/m0/s1. The first kappa shape index (κ1) is 20.1. The number of hydrogen-bond donors (Lipinski definition) is 0. The van der Waals surface area contributed by atoms with Gasteiger partial charge in [-0.3, -0.25) is 9.59 Å². The van der Waals surface area contributed by atoms with Crippen molar-refractivity contribution in [2.75, 3.05) is 13.1 Å². The number of carbonyl (C=O) groups excluding carboxylic acids is 2. The first-order valence-electron chi connectivity index (χ1n) is 10.4. The van der Waals surface area contributed by atoms with E-state index in [1.165, 1.54) is 36.4 Å². The first-order valence-corrected chi connectivity index (χ1v) is 10.4. The molecule has 2 atom stereocenters. The molecule has 2 aromatic carbocycles. The van der Waals surface area contributed by atoms with Gasteiger partial charge in [-0.25, -0.2) is 13.2 Å². The quantitative estimate of drug-likeness (QED) is 0.728. The lowest BCUT2D eigenvalue weighted by atomic mass is 9.89. The molecule has 0 aromatic heterocycles. The second kappa shape index (κ2) is 7.37. The second-order valence-electron chi connectivity index (χ2n) is 8.37. The van der Waals surface area contributed by atoms with Gasteiger partial charge >= 0.3 is 0 Å². The van der Waals surface area contributed by atoms with Gasteiger partial charge in [-0.05, 0) is 54.8 Å². The van der Waals surface area contributed by atoms with Crippen molar-refractivity contribution in [1.29, 1.82) is 0 Å². The molecule has 0 bridgehead atoms. The fourth-order valence-corrected chi connectivity index (χ4v) is 4.99. The minimum absolute atomic E-state index is 0.182. The second-order valence-corrected chi connectivity index (χ2v) is 8.37. The molecule has 0 unspecified atom stereocenters. The molecule has 0 radical (unpaired) electrons. The Hall–Kier alpha value is -2.87. The third-order valence-corrected chi connectivity index (χ3v) is 6.54. The van der Waals surface area contributed by atoms with Gasteiger partial charge in [0, 0.05) is 37.6 Å². The van der Waals surface area contributed by atoms with Gasteiger partial charge < -0.3 is 14.5 Å². The molecule has 3 aliphatic rings. The van der Waals surface area contributed by atoms with Crippen LogP contribution < -0.4 is 0 Å². The molecule has 2 amide bonds. The molecule has 5 rings (SSSR count). The smallest absolute Gasteiger partial charge is 0.257 e. The van der Waals surface area contributed by atoms with Crippen molar-refractivity contribution in [3.63, 3.8) is 0 Å². The number of carbonyl (C=O) groups is 2. The average molecular weight is 430 g/mol.